The van der Waals surface area contributed by atoms with Crippen molar-refractivity contribution in [1.82, 2.24) is 25.1 Å². The van der Waals surface area contributed by atoms with E-state index in [-0.39, 0.29) is 17.9 Å². The van der Waals surface area contributed by atoms with E-state index in [2.05, 4.69) is 20.4 Å². The molecule has 1 unspecified atom stereocenters. The molecule has 3 N–H and O–H groups in total. The van der Waals surface area contributed by atoms with Crippen molar-refractivity contribution in [2.24, 2.45) is 7.05 Å². The van der Waals surface area contributed by atoms with Gasteiger partial charge in [0.15, 0.2) is 0 Å². The lowest BCUT2D eigenvalue weighted by molar-refractivity contribution is 0.0947. The number of carbonyl (C=O) groups is 1. The van der Waals surface area contributed by atoms with Gasteiger partial charge in [0.2, 0.25) is 0 Å². The van der Waals surface area contributed by atoms with Crippen molar-refractivity contribution in [3.8, 4) is 22.5 Å². The minimum Gasteiger partial charge on any atom is -0.382 e. The summed E-state index contributed by atoms with van der Waals surface area (Å²) in [6.45, 7) is 2.04. The van der Waals surface area contributed by atoms with Gasteiger partial charge in [-0.25, -0.2) is 14.4 Å². The van der Waals surface area contributed by atoms with E-state index in [0.717, 1.165) is 16.8 Å². The third kappa shape index (κ3) is 4.86. The molecule has 2 aromatic heterocycles. The Hall–Kier alpha value is -3.92. The van der Waals surface area contributed by atoms with Gasteiger partial charge >= 0.3 is 0 Å². The van der Waals surface area contributed by atoms with Crippen LogP contribution in [0.15, 0.2) is 59.8 Å². The molecule has 0 aliphatic carbocycles. The Morgan fingerprint density at radius 3 is 2.71 bits per heavy atom. The number of rotatable bonds is 6. The highest BCUT2D eigenvalue weighted by Gasteiger charge is 2.17. The SMILES string of the molecule is Cc1nn(C)cc1-c1cnc(N)c(-c2ccc(C(=O)NCc3cccc(S(C)=O)c3)c(F)c2)n1. The summed E-state index contributed by atoms with van der Waals surface area (Å²) in [5, 5.41) is 7.00. The van der Waals surface area contributed by atoms with Crippen LogP contribution < -0.4 is 11.1 Å². The monoisotopic (exact) mass is 478 g/mol. The molecule has 0 radical (unpaired) electrons. The fourth-order valence-electron chi connectivity index (χ4n) is 3.55. The molecule has 0 fully saturated rings. The fraction of sp³-hybridized carbons (Fsp3) is 0.167. The topological polar surface area (TPSA) is 116 Å². The largest absolute Gasteiger partial charge is 0.382 e. The second-order valence-corrected chi connectivity index (χ2v) is 9.15. The number of hydrogen-bond donors (Lipinski definition) is 2. The normalized spacial score (nSPS) is 11.9. The van der Waals surface area contributed by atoms with Crippen LogP contribution in [0.5, 0.6) is 0 Å². The Bertz CT molecular complexity index is 1420. The maximum atomic E-state index is 14.9. The Morgan fingerprint density at radius 1 is 1.24 bits per heavy atom. The summed E-state index contributed by atoms with van der Waals surface area (Å²) in [5.74, 6) is -1.12. The number of nitrogens with two attached hydrogens (primary N) is 1. The lowest BCUT2D eigenvalue weighted by Crippen LogP contribution is -2.24. The smallest absolute Gasteiger partial charge is 0.254 e. The van der Waals surface area contributed by atoms with Gasteiger partial charge in [-0.05, 0) is 36.8 Å². The predicted octanol–water partition coefficient (Wildman–Crippen LogP) is 3.24. The van der Waals surface area contributed by atoms with E-state index in [1.54, 1.807) is 47.5 Å². The van der Waals surface area contributed by atoms with Crippen LogP contribution in [0.2, 0.25) is 0 Å². The average molecular weight is 479 g/mol. The van der Waals surface area contributed by atoms with E-state index >= 15 is 0 Å². The number of halogens is 1. The van der Waals surface area contributed by atoms with Crippen molar-refractivity contribution in [3.63, 3.8) is 0 Å². The molecule has 10 heteroatoms. The van der Waals surface area contributed by atoms with Gasteiger partial charge in [0.05, 0.1) is 23.1 Å². The Labute approximate surface area is 198 Å². The molecule has 4 rings (SSSR count). The van der Waals surface area contributed by atoms with Crippen molar-refractivity contribution in [3.05, 3.63) is 77.5 Å². The number of hydrogen-bond acceptors (Lipinski definition) is 6. The lowest BCUT2D eigenvalue weighted by Gasteiger charge is -2.10. The highest BCUT2D eigenvalue weighted by Crippen LogP contribution is 2.28. The van der Waals surface area contributed by atoms with Gasteiger partial charge in [-0.2, -0.15) is 5.10 Å². The summed E-state index contributed by atoms with van der Waals surface area (Å²) < 4.78 is 28.2. The Kier molecular flexibility index (Phi) is 6.51. The average Bonchev–Trinajstić information content (AvgIpc) is 3.15. The van der Waals surface area contributed by atoms with Gasteiger partial charge in [0.1, 0.15) is 17.3 Å². The van der Waals surface area contributed by atoms with Gasteiger partial charge in [0.25, 0.3) is 5.91 Å². The summed E-state index contributed by atoms with van der Waals surface area (Å²) in [7, 11) is 0.679. The molecule has 0 saturated carbocycles. The highest BCUT2D eigenvalue weighted by atomic mass is 32.2. The zero-order valence-electron chi connectivity index (χ0n) is 18.9. The van der Waals surface area contributed by atoms with Crippen LogP contribution >= 0.6 is 0 Å². The van der Waals surface area contributed by atoms with Crippen molar-refractivity contribution in [1.29, 1.82) is 0 Å². The lowest BCUT2D eigenvalue weighted by atomic mass is 10.1. The molecular formula is C24H23FN6O2S. The Balaban J connectivity index is 1.56. The van der Waals surface area contributed by atoms with Crippen molar-refractivity contribution >= 4 is 22.5 Å². The molecule has 0 spiro atoms. The standard InChI is InChI=1S/C24H23FN6O2S/c1-14-19(13-31(2)30-14)21-12-27-23(26)22(29-21)16-7-8-18(20(25)10-16)24(32)28-11-15-5-4-6-17(9-15)34(3)33/h4-10,12-13H,11H2,1-3H3,(H2,26,27)(H,28,32). The fourth-order valence-corrected chi connectivity index (χ4v) is 4.14. The van der Waals surface area contributed by atoms with Crippen LogP contribution in [0.4, 0.5) is 10.2 Å². The molecular weight excluding hydrogens is 455 g/mol. The zero-order valence-corrected chi connectivity index (χ0v) is 19.7. The first-order valence-corrected chi connectivity index (χ1v) is 11.9. The molecule has 2 heterocycles. The van der Waals surface area contributed by atoms with Crippen molar-refractivity contribution < 1.29 is 13.4 Å². The third-order valence-corrected chi connectivity index (χ3v) is 6.18. The summed E-state index contributed by atoms with van der Waals surface area (Å²) in [6.07, 6.45) is 4.95. The van der Waals surface area contributed by atoms with Crippen LogP contribution in [0, 0.1) is 12.7 Å². The number of benzene rings is 2. The van der Waals surface area contributed by atoms with Gasteiger partial charge < -0.3 is 11.1 Å². The second kappa shape index (κ2) is 9.52. The highest BCUT2D eigenvalue weighted by molar-refractivity contribution is 7.84. The minimum absolute atomic E-state index is 0.107. The third-order valence-electron chi connectivity index (χ3n) is 5.26. The van der Waals surface area contributed by atoms with E-state index in [0.29, 0.717) is 21.8 Å². The van der Waals surface area contributed by atoms with E-state index in [1.807, 2.05) is 20.2 Å². The number of nitrogens with one attached hydrogen (secondary N) is 1. The Morgan fingerprint density at radius 2 is 2.03 bits per heavy atom. The van der Waals surface area contributed by atoms with Gasteiger partial charge in [-0.3, -0.25) is 13.7 Å². The van der Waals surface area contributed by atoms with E-state index in [1.165, 1.54) is 12.1 Å². The molecule has 0 aliphatic heterocycles. The van der Waals surface area contributed by atoms with Crippen LogP contribution in [0.1, 0.15) is 21.6 Å². The molecule has 8 nitrogen and oxygen atoms in total. The zero-order chi connectivity index (χ0) is 24.4. The molecule has 1 atom stereocenters. The molecule has 2 aromatic carbocycles. The number of aromatic nitrogens is 4. The number of carbonyl (C=O) groups excluding carboxylic acids is 1. The van der Waals surface area contributed by atoms with Crippen molar-refractivity contribution in [2.45, 2.75) is 18.4 Å². The van der Waals surface area contributed by atoms with E-state index in [9.17, 15) is 13.4 Å². The molecule has 174 valence electrons. The summed E-state index contributed by atoms with van der Waals surface area (Å²) in [6, 6.07) is 11.2. The first kappa shape index (κ1) is 23.2. The summed E-state index contributed by atoms with van der Waals surface area (Å²) in [5.41, 5.74) is 9.53. The first-order chi connectivity index (χ1) is 16.2. The quantitative estimate of drug-likeness (QED) is 0.440. The van der Waals surface area contributed by atoms with Gasteiger partial charge in [-0.15, -0.1) is 0 Å². The summed E-state index contributed by atoms with van der Waals surface area (Å²) in [4.78, 5) is 22.0. The predicted molar refractivity (Wildman–Crippen MR) is 129 cm³/mol. The minimum atomic E-state index is -1.13. The molecule has 4 aromatic rings. The van der Waals surface area contributed by atoms with E-state index < -0.39 is 22.5 Å². The van der Waals surface area contributed by atoms with E-state index in [4.69, 9.17) is 5.73 Å². The van der Waals surface area contributed by atoms with Crippen LogP contribution in [-0.4, -0.2) is 36.1 Å². The first-order valence-electron chi connectivity index (χ1n) is 10.4. The second-order valence-electron chi connectivity index (χ2n) is 7.77. The van der Waals surface area contributed by atoms with Crippen LogP contribution in [0.3, 0.4) is 0 Å². The maximum Gasteiger partial charge on any atom is 0.254 e. The van der Waals surface area contributed by atoms with Crippen LogP contribution in [0.25, 0.3) is 22.5 Å². The number of amides is 1. The van der Waals surface area contributed by atoms with Crippen molar-refractivity contribution in [2.75, 3.05) is 12.0 Å². The summed E-state index contributed by atoms with van der Waals surface area (Å²) >= 11 is 0. The number of aryl methyl sites for hydroxylation is 2. The number of nitrogen functional groups attached to an aromatic ring is 1. The number of nitrogens with zero attached hydrogens (tertiary/aromatic N) is 4. The molecule has 0 aliphatic rings. The molecule has 0 bridgehead atoms. The number of anilines is 1. The molecule has 0 saturated heterocycles. The van der Waals surface area contributed by atoms with Gasteiger partial charge in [0, 0.05) is 52.9 Å². The van der Waals surface area contributed by atoms with Crippen LogP contribution in [-0.2, 0) is 24.4 Å². The van der Waals surface area contributed by atoms with Gasteiger partial charge in [-0.1, -0.05) is 18.2 Å². The molecule has 1 amide bonds. The maximum absolute atomic E-state index is 14.9. The molecule has 34 heavy (non-hydrogen) atoms.